The fourth-order valence-corrected chi connectivity index (χ4v) is 1.17. The minimum Gasteiger partial charge on any atom is -0.220 e. The Morgan fingerprint density at radius 1 is 1.19 bits per heavy atom. The van der Waals surface area contributed by atoms with E-state index < -0.39 is 6.08 Å². The van der Waals surface area contributed by atoms with Crippen LogP contribution in [-0.4, -0.2) is 19.6 Å². The van der Waals surface area contributed by atoms with E-state index in [-0.39, 0.29) is 5.57 Å². The van der Waals surface area contributed by atoms with E-state index in [0.29, 0.717) is 18.6 Å². The van der Waals surface area contributed by atoms with Gasteiger partial charge < -0.3 is 0 Å². The van der Waals surface area contributed by atoms with Crippen molar-refractivity contribution >= 4 is 5.78 Å². The van der Waals surface area contributed by atoms with Gasteiger partial charge in [-0.25, -0.2) is 9.50 Å². The van der Waals surface area contributed by atoms with Crippen molar-refractivity contribution in [2.24, 2.45) is 0 Å². The average Bonchev–Trinajstić information content (AvgIpc) is 2.95. The maximum Gasteiger partial charge on any atom is 0.269 e. The van der Waals surface area contributed by atoms with Crippen LogP contribution in [0.15, 0.2) is 48.6 Å². The lowest BCUT2D eigenvalue weighted by atomic mass is 10.1. The van der Waals surface area contributed by atoms with Crippen LogP contribution in [0, 0.1) is 0 Å². The number of aromatic nitrogens is 4. The van der Waals surface area contributed by atoms with Gasteiger partial charge in [0.1, 0.15) is 6.33 Å². The van der Waals surface area contributed by atoms with Gasteiger partial charge in [0.2, 0.25) is 0 Å². The molecule has 0 fully saturated rings. The van der Waals surface area contributed by atoms with Gasteiger partial charge in [-0.2, -0.15) is 18.9 Å². The third-order valence-corrected chi connectivity index (χ3v) is 2.31. The van der Waals surface area contributed by atoms with Crippen molar-refractivity contribution in [1.29, 1.82) is 0 Å². The predicted molar refractivity (Wildman–Crippen MR) is 81.1 cm³/mol. The summed E-state index contributed by atoms with van der Waals surface area (Å²) in [5.74, 6) is 0.637. The number of fused-ring (bicyclic) bond motifs is 1. The molecular formula is C15H22F2N4. The number of hydrogen-bond donors (Lipinski definition) is 0. The molecule has 0 amide bonds. The molecule has 0 saturated heterocycles. The first-order chi connectivity index (χ1) is 10.0. The van der Waals surface area contributed by atoms with E-state index in [1.807, 2.05) is 26.8 Å². The van der Waals surface area contributed by atoms with Crippen LogP contribution in [0.1, 0.15) is 40.5 Å². The lowest BCUT2D eigenvalue weighted by Gasteiger charge is -1.97. The summed E-state index contributed by atoms with van der Waals surface area (Å²) in [6.07, 6.45) is 4.49. The minimum absolute atomic E-state index is 0.169. The Morgan fingerprint density at radius 3 is 2.38 bits per heavy atom. The molecule has 116 valence electrons. The molecule has 0 atom stereocenters. The van der Waals surface area contributed by atoms with E-state index >= 15 is 0 Å². The minimum atomic E-state index is -1.55. The van der Waals surface area contributed by atoms with Crippen LogP contribution in [0.5, 0.6) is 0 Å². The number of halogens is 2. The summed E-state index contributed by atoms with van der Waals surface area (Å²) in [5.41, 5.74) is 1.11. The molecule has 2 rings (SSSR count). The van der Waals surface area contributed by atoms with Gasteiger partial charge in [0.15, 0.2) is 0 Å². The topological polar surface area (TPSA) is 43.1 Å². The summed E-state index contributed by atoms with van der Waals surface area (Å²) in [6.45, 7) is 10.9. The van der Waals surface area contributed by atoms with Crippen LogP contribution in [0.25, 0.3) is 5.78 Å². The van der Waals surface area contributed by atoms with Gasteiger partial charge in [0.25, 0.3) is 11.9 Å². The fraction of sp³-hybridized carbons (Fsp3) is 0.400. The first-order valence-electron chi connectivity index (χ1n) is 6.76. The third kappa shape index (κ3) is 7.91. The molecule has 0 unspecified atom stereocenters. The predicted octanol–water partition coefficient (Wildman–Crippen LogP) is 4.66. The van der Waals surface area contributed by atoms with E-state index in [9.17, 15) is 8.78 Å². The highest BCUT2D eigenvalue weighted by molar-refractivity contribution is 5.21. The van der Waals surface area contributed by atoms with Gasteiger partial charge in [-0.1, -0.05) is 19.4 Å². The molecule has 2 aromatic heterocycles. The third-order valence-electron chi connectivity index (χ3n) is 2.31. The van der Waals surface area contributed by atoms with E-state index in [1.54, 1.807) is 16.9 Å². The lowest BCUT2D eigenvalue weighted by molar-refractivity contribution is 0.408. The second-order valence-electron chi connectivity index (χ2n) is 4.12. The molecule has 6 heteroatoms. The van der Waals surface area contributed by atoms with Crippen LogP contribution in [-0.2, 0) is 0 Å². The van der Waals surface area contributed by atoms with Gasteiger partial charge in [-0.05, 0) is 38.3 Å². The zero-order valence-electron chi connectivity index (χ0n) is 13.0. The Labute approximate surface area is 124 Å². The largest absolute Gasteiger partial charge is 0.269 e. The molecule has 2 aromatic rings. The Morgan fingerprint density at radius 2 is 1.86 bits per heavy atom. The molecule has 0 aromatic carbocycles. The van der Waals surface area contributed by atoms with Crippen molar-refractivity contribution in [3.63, 3.8) is 0 Å². The molecule has 0 aliphatic carbocycles. The quantitative estimate of drug-likeness (QED) is 0.773. The van der Waals surface area contributed by atoms with Gasteiger partial charge in [0.05, 0.1) is 0 Å². The van der Waals surface area contributed by atoms with E-state index in [2.05, 4.69) is 21.6 Å². The normalized spacial score (nSPS) is 9.05. The first-order valence-corrected chi connectivity index (χ1v) is 6.76. The van der Waals surface area contributed by atoms with Gasteiger partial charge >= 0.3 is 0 Å². The maximum atomic E-state index is 11.7. The number of allylic oxidation sites excluding steroid dienone is 2. The van der Waals surface area contributed by atoms with Gasteiger partial charge in [-0.3, -0.25) is 0 Å². The SMILES string of the molecule is C=C(C)CCC(C)=C(F)F.CC.c1cnc2ncnn2c1. The fourth-order valence-electron chi connectivity index (χ4n) is 1.17. The molecule has 0 N–H and O–H groups in total. The second-order valence-corrected chi connectivity index (χ2v) is 4.12. The number of rotatable bonds is 3. The molecule has 0 saturated carbocycles. The monoisotopic (exact) mass is 296 g/mol. The lowest BCUT2D eigenvalue weighted by Crippen LogP contribution is -1.86. The molecular weight excluding hydrogens is 274 g/mol. The zero-order chi connectivity index (χ0) is 16.3. The van der Waals surface area contributed by atoms with Crippen LogP contribution < -0.4 is 0 Å². The van der Waals surface area contributed by atoms with Crippen molar-refractivity contribution in [1.82, 2.24) is 19.6 Å². The Hall–Kier alpha value is -2.11. The highest BCUT2D eigenvalue weighted by Gasteiger charge is 1.98. The van der Waals surface area contributed by atoms with Crippen LogP contribution in [0.2, 0.25) is 0 Å². The van der Waals surface area contributed by atoms with E-state index in [0.717, 1.165) is 5.57 Å². The highest BCUT2D eigenvalue weighted by Crippen LogP contribution is 2.14. The van der Waals surface area contributed by atoms with Crippen molar-refractivity contribution in [2.75, 3.05) is 0 Å². The standard InChI is InChI=1S/C8H12F2.C5H4N4.C2H6/c1-6(2)4-5-7(3)8(9)10;1-2-6-5-7-4-8-9(5)3-1;1-2/h1,4-5H2,2-3H3;1-4H;1-2H3. The Balaban J connectivity index is 0.000000341. The number of nitrogens with zero attached hydrogens (tertiary/aromatic N) is 4. The van der Waals surface area contributed by atoms with Crippen LogP contribution in [0.4, 0.5) is 8.78 Å². The summed E-state index contributed by atoms with van der Waals surface area (Å²) >= 11 is 0. The molecule has 21 heavy (non-hydrogen) atoms. The molecule has 0 bridgehead atoms. The molecule has 0 spiro atoms. The highest BCUT2D eigenvalue weighted by atomic mass is 19.3. The smallest absolute Gasteiger partial charge is 0.220 e. The maximum absolute atomic E-state index is 11.7. The summed E-state index contributed by atoms with van der Waals surface area (Å²) in [4.78, 5) is 7.79. The molecule has 0 aliphatic heterocycles. The molecule has 0 aliphatic rings. The van der Waals surface area contributed by atoms with Crippen LogP contribution >= 0.6 is 0 Å². The van der Waals surface area contributed by atoms with Gasteiger partial charge in [-0.15, -0.1) is 6.58 Å². The zero-order valence-corrected chi connectivity index (χ0v) is 13.0. The van der Waals surface area contributed by atoms with Gasteiger partial charge in [0, 0.05) is 12.4 Å². The van der Waals surface area contributed by atoms with Crippen molar-refractivity contribution in [3.8, 4) is 0 Å². The van der Waals surface area contributed by atoms with E-state index in [4.69, 9.17) is 0 Å². The second kappa shape index (κ2) is 10.7. The Kier molecular flexibility index (Phi) is 9.58. The van der Waals surface area contributed by atoms with Crippen LogP contribution in [0.3, 0.4) is 0 Å². The summed E-state index contributed by atoms with van der Waals surface area (Å²) in [6, 6.07) is 1.81. The van der Waals surface area contributed by atoms with Crippen molar-refractivity contribution < 1.29 is 8.78 Å². The summed E-state index contributed by atoms with van der Waals surface area (Å²) in [7, 11) is 0. The first kappa shape index (κ1) is 18.9. The average molecular weight is 296 g/mol. The molecule has 2 heterocycles. The van der Waals surface area contributed by atoms with Crippen molar-refractivity contribution in [2.45, 2.75) is 40.5 Å². The molecule has 4 nitrogen and oxygen atoms in total. The van der Waals surface area contributed by atoms with Crippen molar-refractivity contribution in [3.05, 3.63) is 48.6 Å². The Bertz CT molecular complexity index is 542. The summed E-state index contributed by atoms with van der Waals surface area (Å²) in [5, 5.41) is 3.86. The molecule has 0 radical (unpaired) electrons. The number of hydrogen-bond acceptors (Lipinski definition) is 3. The van der Waals surface area contributed by atoms with E-state index in [1.165, 1.54) is 13.3 Å². The summed E-state index contributed by atoms with van der Waals surface area (Å²) < 4.78 is 25.1.